The number of methoxy groups -OCH3 is 2. The van der Waals surface area contributed by atoms with Crippen LogP contribution in [0.5, 0.6) is 5.88 Å². The van der Waals surface area contributed by atoms with Gasteiger partial charge in [-0.25, -0.2) is 9.78 Å². The molecule has 1 unspecified atom stereocenters. The van der Waals surface area contributed by atoms with Gasteiger partial charge in [-0.2, -0.15) is 0 Å². The zero-order valence-corrected chi connectivity index (χ0v) is 9.14. The summed E-state index contributed by atoms with van der Waals surface area (Å²) < 4.78 is 9.68. The van der Waals surface area contributed by atoms with E-state index in [2.05, 4.69) is 10.3 Å². The van der Waals surface area contributed by atoms with Crippen LogP contribution in [0.1, 0.15) is 0 Å². The van der Waals surface area contributed by atoms with Crippen molar-refractivity contribution in [3.63, 3.8) is 0 Å². The summed E-state index contributed by atoms with van der Waals surface area (Å²) in [6.07, 6.45) is 1.50. The summed E-state index contributed by atoms with van der Waals surface area (Å²) in [4.78, 5) is 14.8. The Labute approximate surface area is 93.2 Å². The van der Waals surface area contributed by atoms with E-state index in [9.17, 15) is 4.79 Å². The van der Waals surface area contributed by atoms with Gasteiger partial charge in [0, 0.05) is 13.2 Å². The van der Waals surface area contributed by atoms with Gasteiger partial charge in [0.05, 0.1) is 25.6 Å². The van der Waals surface area contributed by atoms with E-state index >= 15 is 0 Å². The van der Waals surface area contributed by atoms with Gasteiger partial charge < -0.3 is 19.9 Å². The third kappa shape index (κ3) is 3.39. The Morgan fingerprint density at radius 2 is 2.31 bits per heavy atom. The van der Waals surface area contributed by atoms with Crippen molar-refractivity contribution in [2.24, 2.45) is 0 Å². The Kier molecular flexibility index (Phi) is 4.53. The fourth-order valence-corrected chi connectivity index (χ4v) is 1.13. The second-order valence-electron chi connectivity index (χ2n) is 3.08. The van der Waals surface area contributed by atoms with E-state index in [4.69, 9.17) is 14.6 Å². The zero-order valence-electron chi connectivity index (χ0n) is 9.14. The molecule has 1 rings (SSSR count). The highest BCUT2D eigenvalue weighted by atomic mass is 16.5. The maximum atomic E-state index is 10.8. The van der Waals surface area contributed by atoms with Crippen LogP contribution in [0.15, 0.2) is 18.3 Å². The summed E-state index contributed by atoms with van der Waals surface area (Å²) in [6, 6.07) is 2.55. The number of aromatic nitrogens is 1. The molecule has 6 nitrogen and oxygen atoms in total. The number of nitrogens with zero attached hydrogens (tertiary/aromatic N) is 1. The topological polar surface area (TPSA) is 80.7 Å². The number of hydrogen-bond donors (Lipinski definition) is 2. The van der Waals surface area contributed by atoms with E-state index in [0.29, 0.717) is 11.6 Å². The monoisotopic (exact) mass is 226 g/mol. The molecule has 0 bridgehead atoms. The van der Waals surface area contributed by atoms with Crippen molar-refractivity contribution in [2.75, 3.05) is 26.1 Å². The third-order valence-corrected chi connectivity index (χ3v) is 1.92. The molecule has 6 heteroatoms. The van der Waals surface area contributed by atoms with E-state index in [-0.39, 0.29) is 6.61 Å². The van der Waals surface area contributed by atoms with Crippen molar-refractivity contribution >= 4 is 11.7 Å². The number of rotatable bonds is 6. The Bertz CT molecular complexity index is 339. The van der Waals surface area contributed by atoms with Gasteiger partial charge in [0.15, 0.2) is 0 Å². The molecular formula is C10H14N2O4. The highest BCUT2D eigenvalue weighted by molar-refractivity contribution is 5.77. The van der Waals surface area contributed by atoms with Gasteiger partial charge in [-0.15, -0.1) is 0 Å². The molecule has 0 saturated carbocycles. The average Bonchev–Trinajstić information content (AvgIpc) is 2.29. The predicted molar refractivity (Wildman–Crippen MR) is 57.7 cm³/mol. The van der Waals surface area contributed by atoms with Crippen LogP contribution in [-0.2, 0) is 9.53 Å². The molecule has 0 amide bonds. The normalized spacial score (nSPS) is 11.9. The van der Waals surface area contributed by atoms with E-state index in [1.54, 1.807) is 12.1 Å². The van der Waals surface area contributed by atoms with Crippen molar-refractivity contribution in [3.8, 4) is 5.88 Å². The summed E-state index contributed by atoms with van der Waals surface area (Å²) in [5, 5.41) is 11.7. The lowest BCUT2D eigenvalue weighted by atomic mass is 10.3. The SMILES string of the molecule is COCC(Nc1ccc(OC)nc1)C(=O)O. The van der Waals surface area contributed by atoms with E-state index < -0.39 is 12.0 Å². The van der Waals surface area contributed by atoms with E-state index in [0.717, 1.165) is 0 Å². The summed E-state index contributed by atoms with van der Waals surface area (Å²) in [6.45, 7) is 0.0847. The van der Waals surface area contributed by atoms with Crippen LogP contribution in [0.25, 0.3) is 0 Å². The van der Waals surface area contributed by atoms with Crippen molar-refractivity contribution in [1.82, 2.24) is 4.98 Å². The Hall–Kier alpha value is -1.82. The standard InChI is InChI=1S/C10H14N2O4/c1-15-6-8(10(13)14)12-7-3-4-9(16-2)11-5-7/h3-5,8,12H,6H2,1-2H3,(H,13,14). The zero-order chi connectivity index (χ0) is 12.0. The molecule has 1 heterocycles. The molecule has 0 aliphatic heterocycles. The number of pyridine rings is 1. The van der Waals surface area contributed by atoms with Crippen molar-refractivity contribution in [2.45, 2.75) is 6.04 Å². The highest BCUT2D eigenvalue weighted by Crippen LogP contribution is 2.12. The van der Waals surface area contributed by atoms with Crippen molar-refractivity contribution in [1.29, 1.82) is 0 Å². The van der Waals surface area contributed by atoms with Crippen LogP contribution in [-0.4, -0.2) is 42.9 Å². The molecule has 88 valence electrons. The summed E-state index contributed by atoms with van der Waals surface area (Å²) in [5.74, 6) is -0.498. The van der Waals surface area contributed by atoms with Crippen LogP contribution >= 0.6 is 0 Å². The molecular weight excluding hydrogens is 212 g/mol. The van der Waals surface area contributed by atoms with Gasteiger partial charge in [-0.05, 0) is 6.07 Å². The fourth-order valence-electron chi connectivity index (χ4n) is 1.13. The molecule has 16 heavy (non-hydrogen) atoms. The van der Waals surface area contributed by atoms with Crippen LogP contribution in [0.4, 0.5) is 5.69 Å². The third-order valence-electron chi connectivity index (χ3n) is 1.92. The minimum Gasteiger partial charge on any atom is -0.481 e. The van der Waals surface area contributed by atoms with Crippen molar-refractivity contribution in [3.05, 3.63) is 18.3 Å². The molecule has 0 saturated heterocycles. The van der Waals surface area contributed by atoms with Crippen molar-refractivity contribution < 1.29 is 19.4 Å². The Morgan fingerprint density at radius 3 is 2.75 bits per heavy atom. The first kappa shape index (κ1) is 12.3. The molecule has 0 spiro atoms. The summed E-state index contributed by atoms with van der Waals surface area (Å²) >= 11 is 0. The first-order chi connectivity index (χ1) is 7.67. The molecule has 2 N–H and O–H groups in total. The van der Waals surface area contributed by atoms with Crippen LogP contribution in [0.3, 0.4) is 0 Å². The maximum absolute atomic E-state index is 10.8. The number of anilines is 1. The van der Waals surface area contributed by atoms with Crippen LogP contribution < -0.4 is 10.1 Å². The Morgan fingerprint density at radius 1 is 1.56 bits per heavy atom. The van der Waals surface area contributed by atoms with Gasteiger partial charge in [0.2, 0.25) is 5.88 Å². The maximum Gasteiger partial charge on any atom is 0.328 e. The molecule has 0 aliphatic carbocycles. The lowest BCUT2D eigenvalue weighted by Crippen LogP contribution is -2.33. The molecule has 0 radical (unpaired) electrons. The second kappa shape index (κ2) is 5.92. The largest absolute Gasteiger partial charge is 0.481 e. The Balaban J connectivity index is 2.65. The lowest BCUT2D eigenvalue weighted by molar-refractivity contribution is -0.139. The minimum absolute atomic E-state index is 0.0847. The van der Waals surface area contributed by atoms with Gasteiger partial charge in [-0.3, -0.25) is 0 Å². The van der Waals surface area contributed by atoms with Crippen LogP contribution in [0, 0.1) is 0 Å². The minimum atomic E-state index is -0.974. The number of aliphatic carboxylic acids is 1. The number of carbonyl (C=O) groups is 1. The second-order valence-corrected chi connectivity index (χ2v) is 3.08. The van der Waals surface area contributed by atoms with Gasteiger partial charge in [0.1, 0.15) is 6.04 Å². The lowest BCUT2D eigenvalue weighted by Gasteiger charge is -2.14. The number of carboxylic acid groups (broad SMARTS) is 1. The molecule has 0 fully saturated rings. The first-order valence-electron chi connectivity index (χ1n) is 4.65. The number of hydrogen-bond acceptors (Lipinski definition) is 5. The predicted octanol–water partition coefficient (Wildman–Crippen LogP) is 0.602. The van der Waals surface area contributed by atoms with E-state index in [1.165, 1.54) is 20.4 Å². The molecule has 0 aromatic carbocycles. The van der Waals surface area contributed by atoms with Gasteiger partial charge in [-0.1, -0.05) is 0 Å². The molecule has 1 aromatic rings. The molecule has 1 atom stereocenters. The summed E-state index contributed by atoms with van der Waals surface area (Å²) in [5.41, 5.74) is 0.602. The van der Waals surface area contributed by atoms with Gasteiger partial charge in [0.25, 0.3) is 0 Å². The van der Waals surface area contributed by atoms with Gasteiger partial charge >= 0.3 is 5.97 Å². The first-order valence-corrected chi connectivity index (χ1v) is 4.65. The fraction of sp³-hybridized carbons (Fsp3) is 0.400. The smallest absolute Gasteiger partial charge is 0.328 e. The average molecular weight is 226 g/mol. The number of ether oxygens (including phenoxy) is 2. The molecule has 0 aliphatic rings. The number of nitrogens with one attached hydrogen (secondary N) is 1. The quantitative estimate of drug-likeness (QED) is 0.739. The van der Waals surface area contributed by atoms with E-state index in [1.807, 2.05) is 0 Å². The summed E-state index contributed by atoms with van der Waals surface area (Å²) in [7, 11) is 2.96. The number of carboxylic acids is 1. The molecule has 1 aromatic heterocycles. The highest BCUT2D eigenvalue weighted by Gasteiger charge is 2.16. The van der Waals surface area contributed by atoms with Crippen LogP contribution in [0.2, 0.25) is 0 Å².